The third-order valence-corrected chi connectivity index (χ3v) is 3.05. The summed E-state index contributed by atoms with van der Waals surface area (Å²) in [7, 11) is 0. The van der Waals surface area contributed by atoms with Gasteiger partial charge in [-0.15, -0.1) is 0 Å². The first-order valence-electron chi connectivity index (χ1n) is 4.96. The molecule has 1 atom stereocenters. The Morgan fingerprint density at radius 1 is 1.57 bits per heavy atom. The van der Waals surface area contributed by atoms with Gasteiger partial charge in [-0.3, -0.25) is 9.69 Å². The minimum absolute atomic E-state index is 0.299. The molecule has 0 aromatic carbocycles. The fourth-order valence-electron chi connectivity index (χ4n) is 1.73. The Labute approximate surface area is 84.0 Å². The molecule has 1 aliphatic heterocycles. The number of carbonyl (C=O) groups excluding carboxylic acids is 1. The number of likely N-dealkylation sites (tertiary alicyclic amines) is 1. The lowest BCUT2D eigenvalue weighted by molar-refractivity contribution is -0.141. The van der Waals surface area contributed by atoms with Crippen molar-refractivity contribution in [3.63, 3.8) is 0 Å². The second-order valence-corrected chi connectivity index (χ2v) is 4.02. The van der Waals surface area contributed by atoms with Crippen molar-refractivity contribution in [3.05, 3.63) is 0 Å². The average molecular weight is 201 g/mol. The van der Waals surface area contributed by atoms with Gasteiger partial charge >= 0.3 is 0 Å². The van der Waals surface area contributed by atoms with Crippen LogP contribution >= 0.6 is 0 Å². The molecule has 1 fully saturated rings. The standard InChI is InChI=1S/C9H19N3O2/c1-7(6-10)12-4-2-9(14,3-5-12)8(11)13/h7,14H,2-6,10H2,1H3,(H2,11,13). The Kier molecular flexibility index (Phi) is 3.47. The smallest absolute Gasteiger partial charge is 0.249 e. The van der Waals surface area contributed by atoms with Crippen LogP contribution in [0.2, 0.25) is 0 Å². The number of hydrogen-bond acceptors (Lipinski definition) is 4. The van der Waals surface area contributed by atoms with Crippen LogP contribution in [0.4, 0.5) is 0 Å². The third kappa shape index (κ3) is 2.23. The van der Waals surface area contributed by atoms with Crippen LogP contribution in [0.5, 0.6) is 0 Å². The van der Waals surface area contributed by atoms with E-state index >= 15 is 0 Å². The van der Waals surface area contributed by atoms with Gasteiger partial charge in [0.15, 0.2) is 0 Å². The molecule has 1 heterocycles. The largest absolute Gasteiger partial charge is 0.380 e. The molecule has 0 aliphatic carbocycles. The molecule has 0 bridgehead atoms. The Balaban J connectivity index is 2.49. The third-order valence-electron chi connectivity index (χ3n) is 3.05. The summed E-state index contributed by atoms with van der Waals surface area (Å²) in [4.78, 5) is 13.1. The highest BCUT2D eigenvalue weighted by Gasteiger charge is 2.38. The highest BCUT2D eigenvalue weighted by molar-refractivity contribution is 5.83. The minimum Gasteiger partial charge on any atom is -0.380 e. The van der Waals surface area contributed by atoms with E-state index in [-0.39, 0.29) is 0 Å². The van der Waals surface area contributed by atoms with Crippen molar-refractivity contribution in [3.8, 4) is 0 Å². The van der Waals surface area contributed by atoms with Crippen LogP contribution in [0.25, 0.3) is 0 Å². The van der Waals surface area contributed by atoms with E-state index in [1.165, 1.54) is 0 Å². The van der Waals surface area contributed by atoms with Gasteiger partial charge in [-0.05, 0) is 19.8 Å². The maximum atomic E-state index is 11.0. The zero-order valence-corrected chi connectivity index (χ0v) is 8.57. The minimum atomic E-state index is -1.30. The van der Waals surface area contributed by atoms with Crippen molar-refractivity contribution in [2.45, 2.75) is 31.4 Å². The normalized spacial score (nSPS) is 24.5. The number of nitrogens with zero attached hydrogens (tertiary/aromatic N) is 1. The van der Waals surface area contributed by atoms with Gasteiger partial charge in [-0.2, -0.15) is 0 Å². The summed E-state index contributed by atoms with van der Waals surface area (Å²) >= 11 is 0. The quantitative estimate of drug-likeness (QED) is 0.526. The Bertz CT molecular complexity index is 212. The molecule has 82 valence electrons. The van der Waals surface area contributed by atoms with E-state index in [1.54, 1.807) is 0 Å². The molecule has 5 N–H and O–H groups in total. The number of rotatable bonds is 3. The number of piperidine rings is 1. The molecule has 14 heavy (non-hydrogen) atoms. The summed E-state index contributed by atoms with van der Waals surface area (Å²) in [5, 5.41) is 9.79. The van der Waals surface area contributed by atoms with Gasteiger partial charge in [0, 0.05) is 25.7 Å². The molecular weight excluding hydrogens is 182 g/mol. The second kappa shape index (κ2) is 4.25. The van der Waals surface area contributed by atoms with Crippen LogP contribution in [0, 0.1) is 0 Å². The fraction of sp³-hybridized carbons (Fsp3) is 0.889. The Hall–Kier alpha value is -0.650. The van der Waals surface area contributed by atoms with Crippen LogP contribution in [0.1, 0.15) is 19.8 Å². The second-order valence-electron chi connectivity index (χ2n) is 4.02. The number of aliphatic hydroxyl groups is 1. The highest BCUT2D eigenvalue weighted by Crippen LogP contribution is 2.22. The zero-order valence-electron chi connectivity index (χ0n) is 8.57. The number of nitrogens with two attached hydrogens (primary N) is 2. The number of carbonyl (C=O) groups is 1. The van der Waals surface area contributed by atoms with Gasteiger partial charge in [-0.1, -0.05) is 0 Å². The van der Waals surface area contributed by atoms with Gasteiger partial charge in [0.2, 0.25) is 5.91 Å². The van der Waals surface area contributed by atoms with Gasteiger partial charge in [0.1, 0.15) is 5.60 Å². The molecule has 5 nitrogen and oxygen atoms in total. The number of hydrogen-bond donors (Lipinski definition) is 3. The van der Waals surface area contributed by atoms with E-state index in [9.17, 15) is 9.90 Å². The van der Waals surface area contributed by atoms with E-state index in [0.717, 1.165) is 0 Å². The summed E-state index contributed by atoms with van der Waals surface area (Å²) in [5.74, 6) is -0.613. The molecule has 0 saturated carbocycles. The van der Waals surface area contributed by atoms with Gasteiger partial charge in [0.05, 0.1) is 0 Å². The van der Waals surface area contributed by atoms with Gasteiger partial charge < -0.3 is 16.6 Å². The van der Waals surface area contributed by atoms with Gasteiger partial charge in [-0.25, -0.2) is 0 Å². The summed E-state index contributed by atoms with van der Waals surface area (Å²) < 4.78 is 0. The average Bonchev–Trinajstić information content (AvgIpc) is 2.17. The molecule has 1 rings (SSSR count). The lowest BCUT2D eigenvalue weighted by Crippen LogP contribution is -2.54. The molecule has 0 aromatic rings. The first-order valence-corrected chi connectivity index (χ1v) is 4.96. The topological polar surface area (TPSA) is 92.6 Å². The number of primary amides is 1. The molecule has 0 aromatic heterocycles. The predicted octanol–water partition coefficient (Wildman–Crippen LogP) is -1.35. The lowest BCUT2D eigenvalue weighted by atomic mass is 9.90. The van der Waals surface area contributed by atoms with Crippen molar-refractivity contribution < 1.29 is 9.90 Å². The van der Waals surface area contributed by atoms with Crippen LogP contribution < -0.4 is 11.5 Å². The fourth-order valence-corrected chi connectivity index (χ4v) is 1.73. The molecule has 1 unspecified atom stereocenters. The lowest BCUT2D eigenvalue weighted by Gasteiger charge is -2.38. The summed E-state index contributed by atoms with van der Waals surface area (Å²) in [6, 6.07) is 0.299. The van der Waals surface area contributed by atoms with E-state index in [0.29, 0.717) is 38.5 Å². The van der Waals surface area contributed by atoms with Crippen LogP contribution in [-0.4, -0.2) is 47.2 Å². The summed E-state index contributed by atoms with van der Waals surface area (Å²) in [6.45, 7) is 3.99. The van der Waals surface area contributed by atoms with E-state index in [1.807, 2.05) is 6.92 Å². The summed E-state index contributed by atoms with van der Waals surface area (Å²) in [6.07, 6.45) is 0.819. The maximum absolute atomic E-state index is 11.0. The van der Waals surface area contributed by atoms with Gasteiger partial charge in [0.25, 0.3) is 0 Å². The Morgan fingerprint density at radius 3 is 2.43 bits per heavy atom. The zero-order chi connectivity index (χ0) is 10.8. The van der Waals surface area contributed by atoms with E-state index in [2.05, 4.69) is 4.90 Å². The number of amides is 1. The van der Waals surface area contributed by atoms with Crippen molar-refractivity contribution in [1.82, 2.24) is 4.90 Å². The molecule has 5 heteroatoms. The molecule has 0 radical (unpaired) electrons. The monoisotopic (exact) mass is 201 g/mol. The van der Waals surface area contributed by atoms with Crippen molar-refractivity contribution in [1.29, 1.82) is 0 Å². The highest BCUT2D eigenvalue weighted by atomic mass is 16.3. The first kappa shape index (κ1) is 11.4. The van der Waals surface area contributed by atoms with Crippen molar-refractivity contribution in [2.24, 2.45) is 11.5 Å². The van der Waals surface area contributed by atoms with Crippen LogP contribution in [-0.2, 0) is 4.79 Å². The Morgan fingerprint density at radius 2 is 2.07 bits per heavy atom. The molecule has 1 saturated heterocycles. The first-order chi connectivity index (χ1) is 6.49. The summed E-state index contributed by atoms with van der Waals surface area (Å²) in [5.41, 5.74) is 9.36. The van der Waals surface area contributed by atoms with E-state index in [4.69, 9.17) is 11.5 Å². The van der Waals surface area contributed by atoms with Crippen molar-refractivity contribution in [2.75, 3.05) is 19.6 Å². The SMILES string of the molecule is CC(CN)N1CCC(O)(C(N)=O)CC1. The molecule has 0 spiro atoms. The van der Waals surface area contributed by atoms with Crippen molar-refractivity contribution >= 4 is 5.91 Å². The molecule has 1 aliphatic rings. The molecular formula is C9H19N3O2. The maximum Gasteiger partial charge on any atom is 0.249 e. The van der Waals surface area contributed by atoms with Crippen LogP contribution in [0.15, 0.2) is 0 Å². The van der Waals surface area contributed by atoms with Crippen LogP contribution in [0.3, 0.4) is 0 Å². The van der Waals surface area contributed by atoms with E-state index < -0.39 is 11.5 Å². The molecule has 1 amide bonds. The predicted molar refractivity (Wildman–Crippen MR) is 53.5 cm³/mol.